The topological polar surface area (TPSA) is 48.7 Å². The largest absolute Gasteiger partial charge is 0.312 e. The summed E-state index contributed by atoms with van der Waals surface area (Å²) < 4.78 is 0. The minimum atomic E-state index is 0.749. The van der Waals surface area contributed by atoms with Crippen LogP contribution in [0.25, 0.3) is 0 Å². The fourth-order valence-electron chi connectivity index (χ4n) is 1.52. The molecule has 2 aromatic rings. The van der Waals surface area contributed by atoms with E-state index in [2.05, 4.69) is 22.4 Å². The first-order chi connectivity index (χ1) is 8.38. The highest BCUT2D eigenvalue weighted by atomic mass is 32.1. The molecule has 17 heavy (non-hydrogen) atoms. The summed E-state index contributed by atoms with van der Waals surface area (Å²) in [5.74, 6) is 0. The van der Waals surface area contributed by atoms with Crippen LogP contribution >= 0.6 is 11.3 Å². The summed E-state index contributed by atoms with van der Waals surface area (Å²) in [6.45, 7) is 1.75. The molecule has 0 aliphatic heterocycles. The molecule has 0 spiro atoms. The molecule has 0 bridgehead atoms. The first-order valence-corrected chi connectivity index (χ1v) is 6.33. The summed E-state index contributed by atoms with van der Waals surface area (Å²) in [7, 11) is 0. The van der Waals surface area contributed by atoms with Crippen molar-refractivity contribution in [3.8, 4) is 6.07 Å². The van der Waals surface area contributed by atoms with Crippen LogP contribution in [0.2, 0.25) is 0 Å². The van der Waals surface area contributed by atoms with E-state index >= 15 is 0 Å². The molecule has 1 N–H and O–H groups in total. The van der Waals surface area contributed by atoms with Gasteiger partial charge in [0.05, 0.1) is 5.56 Å². The number of hydrogen-bond donors (Lipinski definition) is 1. The Bertz CT molecular complexity index is 499. The Morgan fingerprint density at radius 1 is 1.47 bits per heavy atom. The molecule has 0 atom stereocenters. The molecule has 0 aliphatic carbocycles. The number of rotatable bonds is 5. The predicted octanol–water partition coefficient (Wildman–Crippen LogP) is 2.35. The average Bonchev–Trinajstić information content (AvgIpc) is 2.84. The number of thiophene rings is 1. The molecule has 2 heterocycles. The first kappa shape index (κ1) is 11.8. The first-order valence-electron chi connectivity index (χ1n) is 5.45. The van der Waals surface area contributed by atoms with Crippen molar-refractivity contribution >= 4 is 11.3 Å². The third-order valence-corrected chi connectivity index (χ3v) is 3.33. The van der Waals surface area contributed by atoms with E-state index < -0.39 is 0 Å². The van der Waals surface area contributed by atoms with Crippen molar-refractivity contribution in [1.82, 2.24) is 10.3 Å². The lowest BCUT2D eigenvalue weighted by atomic mass is 10.2. The molecular formula is C13H13N3S. The van der Waals surface area contributed by atoms with Crippen LogP contribution in [-0.4, -0.2) is 11.5 Å². The standard InChI is InChI=1S/C13H13N3S/c14-7-12-6-13(17-10-12)9-16-5-3-11-2-1-4-15-8-11/h1-2,4,6,8,10,16H,3,5,9H2. The van der Waals surface area contributed by atoms with Crippen molar-refractivity contribution in [3.05, 3.63) is 52.0 Å². The van der Waals surface area contributed by atoms with Crippen LogP contribution in [0.3, 0.4) is 0 Å². The van der Waals surface area contributed by atoms with Crippen molar-refractivity contribution in [2.24, 2.45) is 0 Å². The zero-order chi connectivity index (χ0) is 11.9. The Balaban J connectivity index is 1.72. The van der Waals surface area contributed by atoms with Gasteiger partial charge in [0.15, 0.2) is 0 Å². The molecule has 0 fully saturated rings. The van der Waals surface area contributed by atoms with Crippen LogP contribution in [0, 0.1) is 11.3 Å². The highest BCUT2D eigenvalue weighted by Gasteiger charge is 1.98. The maximum atomic E-state index is 8.70. The quantitative estimate of drug-likeness (QED) is 0.820. The van der Waals surface area contributed by atoms with Crippen LogP contribution < -0.4 is 5.32 Å². The molecule has 4 heteroatoms. The van der Waals surface area contributed by atoms with Crippen molar-refractivity contribution in [2.45, 2.75) is 13.0 Å². The van der Waals surface area contributed by atoms with Crippen LogP contribution in [-0.2, 0) is 13.0 Å². The number of pyridine rings is 1. The van der Waals surface area contributed by atoms with Gasteiger partial charge in [0.25, 0.3) is 0 Å². The number of aromatic nitrogens is 1. The van der Waals surface area contributed by atoms with E-state index in [1.54, 1.807) is 17.5 Å². The Morgan fingerprint density at radius 2 is 2.41 bits per heavy atom. The Hall–Kier alpha value is -1.70. The SMILES string of the molecule is N#Cc1csc(CNCCc2cccnc2)c1. The Labute approximate surface area is 105 Å². The summed E-state index contributed by atoms with van der Waals surface area (Å²) in [5, 5.41) is 13.9. The maximum Gasteiger partial charge on any atom is 0.100 e. The van der Waals surface area contributed by atoms with Crippen LogP contribution in [0.4, 0.5) is 0 Å². The highest BCUT2D eigenvalue weighted by molar-refractivity contribution is 7.10. The second kappa shape index (κ2) is 6.14. The number of nitrogens with zero attached hydrogens (tertiary/aromatic N) is 2. The molecule has 2 rings (SSSR count). The molecular weight excluding hydrogens is 230 g/mol. The van der Waals surface area contributed by atoms with E-state index in [4.69, 9.17) is 5.26 Å². The zero-order valence-corrected chi connectivity index (χ0v) is 10.2. The van der Waals surface area contributed by atoms with Crippen molar-refractivity contribution < 1.29 is 0 Å². The molecule has 0 unspecified atom stereocenters. The van der Waals surface area contributed by atoms with Crippen LogP contribution in [0.5, 0.6) is 0 Å². The summed E-state index contributed by atoms with van der Waals surface area (Å²) >= 11 is 1.62. The third-order valence-electron chi connectivity index (χ3n) is 2.40. The molecule has 0 saturated heterocycles. The lowest BCUT2D eigenvalue weighted by molar-refractivity contribution is 0.692. The van der Waals surface area contributed by atoms with Gasteiger partial charge in [-0.05, 0) is 30.7 Å². The van der Waals surface area contributed by atoms with Gasteiger partial charge in [-0.2, -0.15) is 5.26 Å². The van der Waals surface area contributed by atoms with Gasteiger partial charge in [0.1, 0.15) is 6.07 Å². The Morgan fingerprint density at radius 3 is 3.12 bits per heavy atom. The van der Waals surface area contributed by atoms with Gasteiger partial charge in [-0.15, -0.1) is 11.3 Å². The van der Waals surface area contributed by atoms with Gasteiger partial charge in [-0.25, -0.2) is 0 Å². The van der Waals surface area contributed by atoms with E-state index in [-0.39, 0.29) is 0 Å². The van der Waals surface area contributed by atoms with Gasteiger partial charge in [0, 0.05) is 29.2 Å². The smallest absolute Gasteiger partial charge is 0.100 e. The zero-order valence-electron chi connectivity index (χ0n) is 9.39. The van der Waals surface area contributed by atoms with Crippen molar-refractivity contribution in [3.63, 3.8) is 0 Å². The second-order valence-corrected chi connectivity index (χ2v) is 4.70. The molecule has 0 amide bonds. The molecule has 86 valence electrons. The summed E-state index contributed by atoms with van der Waals surface area (Å²) in [6.07, 6.45) is 4.65. The predicted molar refractivity (Wildman–Crippen MR) is 68.7 cm³/mol. The summed E-state index contributed by atoms with van der Waals surface area (Å²) in [4.78, 5) is 5.28. The van der Waals surface area contributed by atoms with Crippen LogP contribution in [0.15, 0.2) is 36.0 Å². The van der Waals surface area contributed by atoms with Crippen molar-refractivity contribution in [1.29, 1.82) is 5.26 Å². The third kappa shape index (κ3) is 3.66. The number of hydrogen-bond acceptors (Lipinski definition) is 4. The van der Waals surface area contributed by atoms with Gasteiger partial charge >= 0.3 is 0 Å². The lowest BCUT2D eigenvalue weighted by Gasteiger charge is -2.02. The van der Waals surface area contributed by atoms with E-state index in [1.807, 2.05) is 23.7 Å². The lowest BCUT2D eigenvalue weighted by Crippen LogP contribution is -2.15. The second-order valence-electron chi connectivity index (χ2n) is 3.70. The van der Waals surface area contributed by atoms with Crippen molar-refractivity contribution in [2.75, 3.05) is 6.54 Å². The summed E-state index contributed by atoms with van der Waals surface area (Å²) in [5.41, 5.74) is 1.99. The van der Waals surface area contributed by atoms with E-state index in [1.165, 1.54) is 10.4 Å². The number of nitriles is 1. The van der Waals surface area contributed by atoms with Crippen LogP contribution in [0.1, 0.15) is 16.0 Å². The minimum Gasteiger partial charge on any atom is -0.312 e. The minimum absolute atomic E-state index is 0.749. The van der Waals surface area contributed by atoms with E-state index in [0.717, 1.165) is 25.1 Å². The maximum absolute atomic E-state index is 8.70. The molecule has 3 nitrogen and oxygen atoms in total. The average molecular weight is 243 g/mol. The summed E-state index contributed by atoms with van der Waals surface area (Å²) in [6, 6.07) is 8.10. The molecule has 0 saturated carbocycles. The monoisotopic (exact) mass is 243 g/mol. The molecule has 2 aromatic heterocycles. The Kier molecular flexibility index (Phi) is 4.25. The fraction of sp³-hybridized carbons (Fsp3) is 0.231. The molecule has 0 aliphatic rings. The van der Waals surface area contributed by atoms with Gasteiger partial charge in [0.2, 0.25) is 0 Å². The van der Waals surface area contributed by atoms with E-state index in [9.17, 15) is 0 Å². The highest BCUT2D eigenvalue weighted by Crippen LogP contribution is 2.13. The van der Waals surface area contributed by atoms with E-state index in [0.29, 0.717) is 0 Å². The number of nitrogens with one attached hydrogen (secondary N) is 1. The van der Waals surface area contributed by atoms with Gasteiger partial charge in [-0.1, -0.05) is 6.07 Å². The fourth-order valence-corrected chi connectivity index (χ4v) is 2.30. The van der Waals surface area contributed by atoms with Gasteiger partial charge < -0.3 is 5.32 Å². The molecule has 0 radical (unpaired) electrons. The molecule has 0 aromatic carbocycles. The van der Waals surface area contributed by atoms with Gasteiger partial charge in [-0.3, -0.25) is 4.98 Å². The normalized spacial score (nSPS) is 10.1.